The molecule has 0 radical (unpaired) electrons. The van der Waals surface area contributed by atoms with E-state index in [0.29, 0.717) is 16.4 Å². The minimum absolute atomic E-state index is 0.0252. The number of nitrogens with zero attached hydrogens (tertiary/aromatic N) is 2. The van der Waals surface area contributed by atoms with Crippen molar-refractivity contribution in [2.45, 2.75) is 13.8 Å². The Balaban J connectivity index is 2.75. The number of aryl methyl sites for hydroxylation is 2. The summed E-state index contributed by atoms with van der Waals surface area (Å²) >= 11 is 1.35. The molecule has 5 heteroatoms. The van der Waals surface area contributed by atoms with Crippen LogP contribution in [-0.4, -0.2) is 9.55 Å². The van der Waals surface area contributed by atoms with Gasteiger partial charge in [-0.3, -0.25) is 4.79 Å². The van der Waals surface area contributed by atoms with Crippen molar-refractivity contribution in [1.29, 1.82) is 0 Å². The molecule has 0 atom stereocenters. The number of nitrogens with two attached hydrogens (primary N) is 1. The molecule has 0 saturated heterocycles. The van der Waals surface area contributed by atoms with Crippen LogP contribution in [0.3, 0.4) is 0 Å². The van der Waals surface area contributed by atoms with E-state index < -0.39 is 0 Å². The number of hydrogen-bond donors (Lipinski definition) is 1. The van der Waals surface area contributed by atoms with Crippen LogP contribution in [0.15, 0.2) is 16.2 Å². The summed E-state index contributed by atoms with van der Waals surface area (Å²) in [6, 6.07) is 1.98. The predicted molar refractivity (Wildman–Crippen MR) is 66.7 cm³/mol. The van der Waals surface area contributed by atoms with Crippen molar-refractivity contribution in [1.82, 2.24) is 9.55 Å². The first-order valence-corrected chi connectivity index (χ1v) is 5.77. The van der Waals surface area contributed by atoms with Gasteiger partial charge in [-0.25, -0.2) is 4.98 Å². The molecule has 16 heavy (non-hydrogen) atoms. The zero-order valence-corrected chi connectivity index (χ0v) is 10.3. The Bertz CT molecular complexity index is 598. The second-order valence-corrected chi connectivity index (χ2v) is 4.67. The summed E-state index contributed by atoms with van der Waals surface area (Å²) < 4.78 is 1.62. The second kappa shape index (κ2) is 3.75. The van der Waals surface area contributed by atoms with Gasteiger partial charge in [-0.1, -0.05) is 0 Å². The van der Waals surface area contributed by atoms with Gasteiger partial charge in [0, 0.05) is 18.1 Å². The highest BCUT2D eigenvalue weighted by Crippen LogP contribution is 2.23. The van der Waals surface area contributed by atoms with Crippen molar-refractivity contribution in [2.75, 3.05) is 5.73 Å². The van der Waals surface area contributed by atoms with Gasteiger partial charge in [-0.15, -0.1) is 11.3 Å². The predicted octanol–water partition coefficient (Wildman–Crippen LogP) is 1.71. The van der Waals surface area contributed by atoms with Crippen molar-refractivity contribution in [3.8, 4) is 11.3 Å². The number of aromatic nitrogens is 2. The summed E-state index contributed by atoms with van der Waals surface area (Å²) in [5, 5.41) is 2.30. The van der Waals surface area contributed by atoms with Crippen LogP contribution in [-0.2, 0) is 7.05 Å². The molecular formula is C11H13N3OS. The lowest BCUT2D eigenvalue weighted by Gasteiger charge is -2.08. The van der Waals surface area contributed by atoms with E-state index in [9.17, 15) is 4.79 Å². The molecule has 0 aliphatic heterocycles. The van der Waals surface area contributed by atoms with E-state index in [1.54, 1.807) is 11.6 Å². The van der Waals surface area contributed by atoms with Crippen LogP contribution < -0.4 is 11.3 Å². The molecule has 2 rings (SSSR count). The monoisotopic (exact) mass is 235 g/mol. The van der Waals surface area contributed by atoms with Gasteiger partial charge in [0.1, 0.15) is 0 Å². The first-order valence-electron chi connectivity index (χ1n) is 4.89. The summed E-state index contributed by atoms with van der Waals surface area (Å²) in [7, 11) is 1.76. The van der Waals surface area contributed by atoms with Crippen molar-refractivity contribution >= 4 is 16.5 Å². The van der Waals surface area contributed by atoms with Crippen LogP contribution in [0, 0.1) is 13.8 Å². The number of rotatable bonds is 1. The van der Waals surface area contributed by atoms with E-state index in [2.05, 4.69) is 4.98 Å². The minimum Gasteiger partial charge on any atom is -0.375 e. The summed E-state index contributed by atoms with van der Waals surface area (Å²) in [6.45, 7) is 3.83. The fourth-order valence-corrected chi connectivity index (χ4v) is 2.25. The van der Waals surface area contributed by atoms with E-state index in [1.807, 2.05) is 25.3 Å². The van der Waals surface area contributed by atoms with Gasteiger partial charge in [-0.05, 0) is 25.5 Å². The third kappa shape index (κ3) is 1.63. The number of nitrogen functional groups attached to an aromatic ring is 1. The van der Waals surface area contributed by atoms with Gasteiger partial charge >= 0.3 is 0 Å². The molecule has 2 N–H and O–H groups in total. The lowest BCUT2D eigenvalue weighted by atomic mass is 10.1. The maximum atomic E-state index is 12.1. The first kappa shape index (κ1) is 10.9. The summed E-state index contributed by atoms with van der Waals surface area (Å²) in [6.07, 6.45) is 0. The minimum atomic E-state index is -0.0252. The molecule has 0 spiro atoms. The van der Waals surface area contributed by atoms with Crippen molar-refractivity contribution < 1.29 is 0 Å². The largest absolute Gasteiger partial charge is 0.375 e. The molecule has 0 saturated carbocycles. The molecule has 2 heterocycles. The molecule has 0 amide bonds. The Kier molecular flexibility index (Phi) is 2.55. The second-order valence-electron chi connectivity index (χ2n) is 3.78. The Morgan fingerprint density at radius 3 is 2.69 bits per heavy atom. The van der Waals surface area contributed by atoms with Gasteiger partial charge in [0.2, 0.25) is 0 Å². The van der Waals surface area contributed by atoms with Crippen molar-refractivity contribution in [2.24, 2.45) is 7.05 Å². The fraction of sp³-hybridized carbons (Fsp3) is 0.273. The smallest absolute Gasteiger partial charge is 0.260 e. The molecule has 2 aromatic rings. The van der Waals surface area contributed by atoms with E-state index in [-0.39, 0.29) is 5.56 Å². The Morgan fingerprint density at radius 1 is 1.44 bits per heavy atom. The normalized spacial score (nSPS) is 10.7. The maximum Gasteiger partial charge on any atom is 0.260 e. The lowest BCUT2D eigenvalue weighted by molar-refractivity contribution is 0.816. The van der Waals surface area contributed by atoms with Crippen LogP contribution >= 0.6 is 11.3 Å². The van der Waals surface area contributed by atoms with Crippen molar-refractivity contribution in [3.05, 3.63) is 33.1 Å². The summed E-state index contributed by atoms with van der Waals surface area (Å²) in [5.41, 5.74) is 8.74. The van der Waals surface area contributed by atoms with E-state index in [0.717, 1.165) is 11.3 Å². The SMILES string of the molecule is Cc1cc(C)n(C)c(=O)c1-c1csc(N)n1. The molecule has 0 aromatic carbocycles. The van der Waals surface area contributed by atoms with Crippen LogP contribution in [0.4, 0.5) is 5.13 Å². The average Bonchev–Trinajstić information content (AvgIpc) is 2.61. The average molecular weight is 235 g/mol. The lowest BCUT2D eigenvalue weighted by Crippen LogP contribution is -2.21. The molecule has 2 aromatic heterocycles. The fourth-order valence-electron chi connectivity index (χ4n) is 1.69. The molecular weight excluding hydrogens is 222 g/mol. The zero-order chi connectivity index (χ0) is 11.9. The van der Waals surface area contributed by atoms with Gasteiger partial charge in [0.15, 0.2) is 5.13 Å². The highest BCUT2D eigenvalue weighted by molar-refractivity contribution is 7.13. The third-order valence-electron chi connectivity index (χ3n) is 2.65. The summed E-state index contributed by atoms with van der Waals surface area (Å²) in [5.74, 6) is 0. The van der Waals surface area contributed by atoms with E-state index in [4.69, 9.17) is 5.73 Å². The number of thiazole rings is 1. The molecule has 0 fully saturated rings. The van der Waals surface area contributed by atoms with E-state index >= 15 is 0 Å². The Hall–Kier alpha value is -1.62. The van der Waals surface area contributed by atoms with Gasteiger partial charge < -0.3 is 10.3 Å². The van der Waals surface area contributed by atoms with Gasteiger partial charge in [0.25, 0.3) is 5.56 Å². The third-order valence-corrected chi connectivity index (χ3v) is 3.32. The number of pyridine rings is 1. The highest BCUT2D eigenvalue weighted by Gasteiger charge is 2.12. The van der Waals surface area contributed by atoms with Crippen LogP contribution in [0.1, 0.15) is 11.3 Å². The van der Waals surface area contributed by atoms with Gasteiger partial charge in [-0.2, -0.15) is 0 Å². The Labute approximate surface area is 97.4 Å². The van der Waals surface area contributed by atoms with Gasteiger partial charge in [0.05, 0.1) is 11.3 Å². The van der Waals surface area contributed by atoms with Crippen LogP contribution in [0.5, 0.6) is 0 Å². The quantitative estimate of drug-likeness (QED) is 0.818. The highest BCUT2D eigenvalue weighted by atomic mass is 32.1. The standard InChI is InChI=1S/C11H13N3OS/c1-6-4-7(2)14(3)10(15)9(6)8-5-16-11(12)13-8/h4-5H,1-3H3,(H2,12,13). The molecule has 0 aliphatic carbocycles. The van der Waals surface area contributed by atoms with Crippen molar-refractivity contribution in [3.63, 3.8) is 0 Å². The Morgan fingerprint density at radius 2 is 2.12 bits per heavy atom. The molecule has 84 valence electrons. The number of anilines is 1. The molecule has 0 aliphatic rings. The molecule has 4 nitrogen and oxygen atoms in total. The zero-order valence-electron chi connectivity index (χ0n) is 9.44. The number of hydrogen-bond acceptors (Lipinski definition) is 4. The molecule has 0 bridgehead atoms. The maximum absolute atomic E-state index is 12.1. The first-order chi connectivity index (χ1) is 7.50. The molecule has 0 unspecified atom stereocenters. The summed E-state index contributed by atoms with van der Waals surface area (Å²) in [4.78, 5) is 16.3. The van der Waals surface area contributed by atoms with Crippen LogP contribution in [0.2, 0.25) is 0 Å². The topological polar surface area (TPSA) is 60.9 Å². The van der Waals surface area contributed by atoms with E-state index in [1.165, 1.54) is 11.3 Å². The van der Waals surface area contributed by atoms with Crippen LogP contribution in [0.25, 0.3) is 11.3 Å².